The summed E-state index contributed by atoms with van der Waals surface area (Å²) >= 11 is 7.24. The van der Waals surface area contributed by atoms with Gasteiger partial charge in [-0.05, 0) is 48.4 Å². The lowest BCUT2D eigenvalue weighted by molar-refractivity contribution is -0.136. The number of benzene rings is 2. The molecule has 1 aromatic heterocycles. The third-order valence-corrected chi connectivity index (χ3v) is 6.26. The van der Waals surface area contributed by atoms with Gasteiger partial charge in [-0.1, -0.05) is 47.2 Å². The average molecular weight is 455 g/mol. The molecule has 4 rings (SSSR count). The fraction of sp³-hybridized carbons (Fsp3) is 0.174. The van der Waals surface area contributed by atoms with Crippen LogP contribution in [-0.2, 0) is 9.53 Å². The zero-order chi connectivity index (χ0) is 22.1. The van der Waals surface area contributed by atoms with Crippen LogP contribution in [0.3, 0.4) is 0 Å². The van der Waals surface area contributed by atoms with Gasteiger partial charge < -0.3 is 9.47 Å². The summed E-state index contributed by atoms with van der Waals surface area (Å²) < 4.78 is 12.3. The molecule has 0 saturated carbocycles. The zero-order valence-electron chi connectivity index (χ0n) is 17.1. The normalized spacial score (nSPS) is 16.0. The van der Waals surface area contributed by atoms with Crippen molar-refractivity contribution in [3.8, 4) is 5.75 Å². The maximum atomic E-state index is 13.4. The third kappa shape index (κ3) is 3.94. The quantitative estimate of drug-likeness (QED) is 0.568. The second-order valence-electron chi connectivity index (χ2n) is 6.90. The van der Waals surface area contributed by atoms with E-state index in [1.165, 1.54) is 18.4 Å². The van der Waals surface area contributed by atoms with Crippen molar-refractivity contribution in [1.29, 1.82) is 0 Å². The van der Waals surface area contributed by atoms with Gasteiger partial charge in [0.2, 0.25) is 0 Å². The number of hydrogen-bond donors (Lipinski definition) is 0. The molecule has 0 fully saturated rings. The Morgan fingerprint density at radius 3 is 2.42 bits per heavy atom. The number of halogens is 1. The Kier molecular flexibility index (Phi) is 5.80. The fourth-order valence-corrected chi connectivity index (χ4v) is 4.68. The average Bonchev–Trinajstić information content (AvgIpc) is 3.08. The van der Waals surface area contributed by atoms with E-state index >= 15 is 0 Å². The summed E-state index contributed by atoms with van der Waals surface area (Å²) in [7, 11) is 2.90. The number of esters is 1. The predicted octanol–water partition coefficient (Wildman–Crippen LogP) is 3.07. The summed E-state index contributed by atoms with van der Waals surface area (Å²) in [6.45, 7) is 1.75. The van der Waals surface area contributed by atoms with E-state index in [-0.39, 0.29) is 5.56 Å². The van der Waals surface area contributed by atoms with Crippen LogP contribution < -0.4 is 19.6 Å². The van der Waals surface area contributed by atoms with Crippen molar-refractivity contribution in [3.63, 3.8) is 0 Å². The van der Waals surface area contributed by atoms with Crippen LogP contribution in [0, 0.1) is 0 Å². The van der Waals surface area contributed by atoms with E-state index in [0.717, 1.165) is 11.1 Å². The predicted molar refractivity (Wildman–Crippen MR) is 120 cm³/mol. The molecule has 0 aliphatic carbocycles. The van der Waals surface area contributed by atoms with Gasteiger partial charge in [0.1, 0.15) is 5.75 Å². The molecule has 1 unspecified atom stereocenters. The number of fused-ring (bicyclic) bond motifs is 1. The second-order valence-corrected chi connectivity index (χ2v) is 8.34. The van der Waals surface area contributed by atoms with Crippen LogP contribution in [0.4, 0.5) is 0 Å². The topological polar surface area (TPSA) is 69.9 Å². The molecule has 2 heterocycles. The Labute approximate surface area is 187 Å². The van der Waals surface area contributed by atoms with E-state index in [1.807, 2.05) is 24.3 Å². The lowest BCUT2D eigenvalue weighted by Crippen LogP contribution is -2.39. The zero-order valence-corrected chi connectivity index (χ0v) is 18.7. The molecule has 31 heavy (non-hydrogen) atoms. The van der Waals surface area contributed by atoms with Gasteiger partial charge in [-0.15, -0.1) is 0 Å². The summed E-state index contributed by atoms with van der Waals surface area (Å²) in [4.78, 5) is 31.1. The number of carbonyl (C=O) groups is 1. The maximum Gasteiger partial charge on any atom is 0.338 e. The number of nitrogens with zero attached hydrogens (tertiary/aromatic N) is 2. The number of rotatable bonds is 4. The lowest BCUT2D eigenvalue weighted by atomic mass is 9.96. The van der Waals surface area contributed by atoms with Gasteiger partial charge in [0.15, 0.2) is 4.80 Å². The van der Waals surface area contributed by atoms with Crippen LogP contribution >= 0.6 is 22.9 Å². The van der Waals surface area contributed by atoms with Crippen molar-refractivity contribution in [3.05, 3.63) is 95.6 Å². The van der Waals surface area contributed by atoms with Crippen LogP contribution in [0.5, 0.6) is 5.75 Å². The molecule has 0 bridgehead atoms. The second kappa shape index (κ2) is 8.53. The molecule has 0 N–H and O–H groups in total. The smallest absolute Gasteiger partial charge is 0.338 e. The molecule has 0 amide bonds. The summed E-state index contributed by atoms with van der Waals surface area (Å²) in [5, 5.41) is 0.622. The van der Waals surface area contributed by atoms with Crippen LogP contribution in [0.1, 0.15) is 24.1 Å². The number of hydrogen-bond acceptors (Lipinski definition) is 6. The number of aromatic nitrogens is 1. The molecule has 1 aliphatic heterocycles. The van der Waals surface area contributed by atoms with E-state index in [0.29, 0.717) is 31.4 Å². The van der Waals surface area contributed by atoms with Crippen LogP contribution in [0.25, 0.3) is 6.08 Å². The minimum atomic E-state index is -0.651. The molecule has 6 nitrogen and oxygen atoms in total. The minimum absolute atomic E-state index is 0.228. The van der Waals surface area contributed by atoms with E-state index in [2.05, 4.69) is 4.99 Å². The Morgan fingerprint density at radius 1 is 1.13 bits per heavy atom. The first-order valence-electron chi connectivity index (χ1n) is 9.43. The monoisotopic (exact) mass is 454 g/mol. The van der Waals surface area contributed by atoms with Crippen molar-refractivity contribution in [1.82, 2.24) is 4.57 Å². The van der Waals surface area contributed by atoms with Gasteiger partial charge in [-0.2, -0.15) is 0 Å². The molecule has 1 atom stereocenters. The highest BCUT2D eigenvalue weighted by atomic mass is 35.5. The highest BCUT2D eigenvalue weighted by Gasteiger charge is 2.33. The largest absolute Gasteiger partial charge is 0.497 e. The van der Waals surface area contributed by atoms with Crippen molar-refractivity contribution in [2.75, 3.05) is 14.2 Å². The van der Waals surface area contributed by atoms with Crippen LogP contribution in [0.2, 0.25) is 5.02 Å². The minimum Gasteiger partial charge on any atom is -0.497 e. The fourth-order valence-electron chi connectivity index (χ4n) is 3.50. The molecular weight excluding hydrogens is 436 g/mol. The third-order valence-electron chi connectivity index (χ3n) is 5.03. The van der Waals surface area contributed by atoms with Crippen molar-refractivity contribution < 1.29 is 14.3 Å². The number of allylic oxidation sites excluding steroid dienone is 1. The Morgan fingerprint density at radius 2 is 1.81 bits per heavy atom. The number of methoxy groups -OCH3 is 2. The Bertz CT molecular complexity index is 1350. The lowest BCUT2D eigenvalue weighted by Gasteiger charge is -2.24. The van der Waals surface area contributed by atoms with E-state index in [1.54, 1.807) is 48.9 Å². The molecular formula is C23H19ClN2O4S. The standard InChI is InChI=1S/C23H19ClN2O4S/c1-13-19(22(28)30-3)20(15-6-10-17(29-2)11-7-15)26-21(27)18(31-23(26)25-13)12-14-4-8-16(24)9-5-14/h4-12,20H,1-3H3. The first-order valence-corrected chi connectivity index (χ1v) is 10.6. The summed E-state index contributed by atoms with van der Waals surface area (Å²) in [6, 6.07) is 13.8. The molecule has 158 valence electrons. The van der Waals surface area contributed by atoms with Gasteiger partial charge in [0, 0.05) is 5.02 Å². The van der Waals surface area contributed by atoms with Gasteiger partial charge in [-0.3, -0.25) is 9.36 Å². The van der Waals surface area contributed by atoms with Crippen LogP contribution in [-0.4, -0.2) is 24.8 Å². The number of thiazole rings is 1. The van der Waals surface area contributed by atoms with Gasteiger partial charge in [0.25, 0.3) is 5.56 Å². The van der Waals surface area contributed by atoms with Gasteiger partial charge in [-0.25, -0.2) is 9.79 Å². The van der Waals surface area contributed by atoms with Crippen molar-refractivity contribution in [2.24, 2.45) is 4.99 Å². The Balaban J connectivity index is 1.94. The molecule has 0 radical (unpaired) electrons. The van der Waals surface area contributed by atoms with E-state index < -0.39 is 12.0 Å². The summed E-state index contributed by atoms with van der Waals surface area (Å²) in [6.07, 6.45) is 1.79. The van der Waals surface area contributed by atoms with Gasteiger partial charge in [0.05, 0.1) is 36.1 Å². The number of ether oxygens (including phenoxy) is 2. The van der Waals surface area contributed by atoms with Gasteiger partial charge >= 0.3 is 5.97 Å². The van der Waals surface area contributed by atoms with Crippen molar-refractivity contribution >= 4 is 35.0 Å². The molecule has 0 saturated heterocycles. The molecule has 3 aromatic rings. The highest BCUT2D eigenvalue weighted by Crippen LogP contribution is 2.31. The van der Waals surface area contributed by atoms with Crippen LogP contribution in [0.15, 0.2) is 69.6 Å². The maximum absolute atomic E-state index is 13.4. The molecule has 8 heteroatoms. The number of carbonyl (C=O) groups excluding carboxylic acids is 1. The summed E-state index contributed by atoms with van der Waals surface area (Å²) in [5.41, 5.74) is 2.23. The van der Waals surface area contributed by atoms with Crippen molar-refractivity contribution in [2.45, 2.75) is 13.0 Å². The molecule has 0 spiro atoms. The Hall–Kier alpha value is -3.16. The molecule has 1 aliphatic rings. The SMILES string of the molecule is COC(=O)C1=C(C)N=c2sc(=Cc3ccc(Cl)cc3)c(=O)n2C1c1ccc(OC)cc1. The molecule has 2 aromatic carbocycles. The summed E-state index contributed by atoms with van der Waals surface area (Å²) in [5.74, 6) is 0.160. The first kappa shape index (κ1) is 21.1. The highest BCUT2D eigenvalue weighted by molar-refractivity contribution is 7.07. The van der Waals surface area contributed by atoms with E-state index in [4.69, 9.17) is 21.1 Å². The van der Waals surface area contributed by atoms with E-state index in [9.17, 15) is 9.59 Å². The first-order chi connectivity index (χ1) is 14.9.